The zero-order valence-electron chi connectivity index (χ0n) is 10.0. The molecule has 0 aliphatic carbocycles. The fourth-order valence-corrected chi connectivity index (χ4v) is 2.22. The van der Waals surface area contributed by atoms with Crippen LogP contribution in [0.25, 0.3) is 0 Å². The van der Waals surface area contributed by atoms with Crippen molar-refractivity contribution in [3.05, 3.63) is 29.8 Å². The van der Waals surface area contributed by atoms with E-state index < -0.39 is 0 Å². The lowest BCUT2D eigenvalue weighted by atomic mass is 10.0. The van der Waals surface area contributed by atoms with Gasteiger partial charge in [0.25, 0.3) is 0 Å². The predicted octanol–water partition coefficient (Wildman–Crippen LogP) is 1.93. The Kier molecular flexibility index (Phi) is 3.46. The molecule has 1 heterocycles. The molecule has 16 heavy (non-hydrogen) atoms. The second-order valence-corrected chi connectivity index (χ2v) is 4.48. The van der Waals surface area contributed by atoms with Gasteiger partial charge in [-0.3, -0.25) is 0 Å². The van der Waals surface area contributed by atoms with Crippen LogP contribution in [0.3, 0.4) is 0 Å². The van der Waals surface area contributed by atoms with Crippen molar-refractivity contribution < 1.29 is 4.74 Å². The molecule has 1 aromatic carbocycles. The van der Waals surface area contributed by atoms with Crippen molar-refractivity contribution in [2.75, 3.05) is 25.2 Å². The molecular formula is C13H20N2O. The van der Waals surface area contributed by atoms with Crippen molar-refractivity contribution in [2.45, 2.75) is 25.4 Å². The first-order chi connectivity index (χ1) is 7.70. The highest BCUT2D eigenvalue weighted by atomic mass is 16.5. The van der Waals surface area contributed by atoms with Gasteiger partial charge < -0.3 is 15.4 Å². The van der Waals surface area contributed by atoms with Gasteiger partial charge in [-0.25, -0.2) is 0 Å². The Morgan fingerprint density at radius 3 is 2.81 bits per heavy atom. The summed E-state index contributed by atoms with van der Waals surface area (Å²) in [5.41, 5.74) is 8.43. The third-order valence-corrected chi connectivity index (χ3v) is 3.26. The third-order valence-electron chi connectivity index (χ3n) is 3.26. The van der Waals surface area contributed by atoms with Crippen LogP contribution in [0.1, 0.15) is 24.9 Å². The van der Waals surface area contributed by atoms with Crippen LogP contribution in [0.15, 0.2) is 24.3 Å². The summed E-state index contributed by atoms with van der Waals surface area (Å²) in [6.45, 7) is 3.72. The molecule has 0 saturated carbocycles. The molecule has 1 aromatic rings. The van der Waals surface area contributed by atoms with E-state index in [4.69, 9.17) is 10.5 Å². The third kappa shape index (κ3) is 2.20. The average molecular weight is 220 g/mol. The molecule has 88 valence electrons. The summed E-state index contributed by atoms with van der Waals surface area (Å²) in [7, 11) is 2.13. The van der Waals surface area contributed by atoms with Gasteiger partial charge >= 0.3 is 0 Å². The second kappa shape index (κ2) is 4.85. The number of nitrogens with zero attached hydrogens (tertiary/aromatic N) is 1. The minimum atomic E-state index is 0.0703. The summed E-state index contributed by atoms with van der Waals surface area (Å²) in [4.78, 5) is 2.30. The first-order valence-corrected chi connectivity index (χ1v) is 5.85. The van der Waals surface area contributed by atoms with Gasteiger partial charge in [0.15, 0.2) is 0 Å². The number of nitrogens with two attached hydrogens (primary N) is 1. The summed E-state index contributed by atoms with van der Waals surface area (Å²) in [6, 6.07) is 8.90. The molecule has 0 bridgehead atoms. The largest absolute Gasteiger partial charge is 0.379 e. The Balaban J connectivity index is 2.24. The van der Waals surface area contributed by atoms with Crippen LogP contribution in [0.5, 0.6) is 0 Å². The Morgan fingerprint density at radius 1 is 1.44 bits per heavy atom. The van der Waals surface area contributed by atoms with E-state index in [-0.39, 0.29) is 6.04 Å². The molecule has 1 aliphatic heterocycles. The molecule has 1 unspecified atom stereocenters. The molecule has 1 aliphatic rings. The Hall–Kier alpha value is -1.06. The minimum absolute atomic E-state index is 0.0703. The van der Waals surface area contributed by atoms with E-state index in [0.717, 1.165) is 19.6 Å². The van der Waals surface area contributed by atoms with Gasteiger partial charge in [0.05, 0.1) is 12.6 Å². The van der Waals surface area contributed by atoms with Gasteiger partial charge in [0, 0.05) is 25.4 Å². The molecule has 0 radical (unpaired) electrons. The first-order valence-electron chi connectivity index (χ1n) is 5.85. The van der Waals surface area contributed by atoms with Crippen molar-refractivity contribution in [3.8, 4) is 0 Å². The molecule has 3 nitrogen and oxygen atoms in total. The van der Waals surface area contributed by atoms with E-state index in [0.29, 0.717) is 6.04 Å². The van der Waals surface area contributed by atoms with Gasteiger partial charge in [-0.15, -0.1) is 0 Å². The molecule has 2 atom stereocenters. The molecule has 0 spiro atoms. The highest BCUT2D eigenvalue weighted by Gasteiger charge is 2.22. The van der Waals surface area contributed by atoms with Crippen LogP contribution in [0.2, 0.25) is 0 Å². The Bertz CT molecular complexity index is 346. The lowest BCUT2D eigenvalue weighted by molar-refractivity contribution is 0.193. The Labute approximate surface area is 97.2 Å². The standard InChI is InChI=1S/C13H20N2O/c1-10(14)12-5-3-4-6-13(12)15(2)11-7-8-16-9-11/h3-6,10-11H,7-9,14H2,1-2H3/t10-,11?/m1/s1. The second-order valence-electron chi connectivity index (χ2n) is 4.48. The zero-order valence-corrected chi connectivity index (χ0v) is 10.0. The van der Waals surface area contributed by atoms with Crippen molar-refractivity contribution in [2.24, 2.45) is 5.73 Å². The lowest BCUT2D eigenvalue weighted by Crippen LogP contribution is -2.33. The van der Waals surface area contributed by atoms with Gasteiger partial charge in [-0.1, -0.05) is 18.2 Å². The number of anilines is 1. The normalized spacial score (nSPS) is 22.1. The number of benzene rings is 1. The maximum absolute atomic E-state index is 5.99. The summed E-state index contributed by atoms with van der Waals surface area (Å²) in [5.74, 6) is 0. The molecular weight excluding hydrogens is 200 g/mol. The molecule has 1 saturated heterocycles. The fourth-order valence-electron chi connectivity index (χ4n) is 2.22. The summed E-state index contributed by atoms with van der Waals surface area (Å²) >= 11 is 0. The van der Waals surface area contributed by atoms with Crippen LogP contribution in [-0.2, 0) is 4.74 Å². The van der Waals surface area contributed by atoms with Gasteiger partial charge in [-0.05, 0) is 25.0 Å². The van der Waals surface area contributed by atoms with Crippen LogP contribution in [-0.4, -0.2) is 26.3 Å². The number of para-hydroxylation sites is 1. The minimum Gasteiger partial charge on any atom is -0.379 e. The maximum atomic E-state index is 5.99. The van der Waals surface area contributed by atoms with Crippen LogP contribution >= 0.6 is 0 Å². The molecule has 1 fully saturated rings. The lowest BCUT2D eigenvalue weighted by Gasteiger charge is -2.28. The van der Waals surface area contributed by atoms with Gasteiger partial charge in [-0.2, -0.15) is 0 Å². The van der Waals surface area contributed by atoms with Gasteiger partial charge in [0.2, 0.25) is 0 Å². The van der Waals surface area contributed by atoms with Crippen LogP contribution < -0.4 is 10.6 Å². The van der Waals surface area contributed by atoms with E-state index in [1.54, 1.807) is 0 Å². The highest BCUT2D eigenvalue weighted by molar-refractivity contribution is 5.55. The number of rotatable bonds is 3. The predicted molar refractivity (Wildman–Crippen MR) is 66.7 cm³/mol. The first kappa shape index (κ1) is 11.4. The van der Waals surface area contributed by atoms with E-state index in [1.807, 2.05) is 13.0 Å². The summed E-state index contributed by atoms with van der Waals surface area (Å²) in [5, 5.41) is 0. The highest BCUT2D eigenvalue weighted by Crippen LogP contribution is 2.27. The molecule has 0 amide bonds. The molecule has 3 heteroatoms. The molecule has 2 N–H and O–H groups in total. The SMILES string of the molecule is C[C@@H](N)c1ccccc1N(C)C1CCOC1. The number of ether oxygens (including phenoxy) is 1. The van der Waals surface area contributed by atoms with Crippen molar-refractivity contribution in [1.29, 1.82) is 0 Å². The number of hydrogen-bond donors (Lipinski definition) is 1. The van der Waals surface area contributed by atoms with E-state index >= 15 is 0 Å². The van der Waals surface area contributed by atoms with E-state index in [2.05, 4.69) is 30.1 Å². The van der Waals surface area contributed by atoms with Crippen molar-refractivity contribution in [3.63, 3.8) is 0 Å². The average Bonchev–Trinajstić information content (AvgIpc) is 2.81. The topological polar surface area (TPSA) is 38.5 Å². The summed E-state index contributed by atoms with van der Waals surface area (Å²) < 4.78 is 5.43. The fraction of sp³-hybridized carbons (Fsp3) is 0.538. The van der Waals surface area contributed by atoms with E-state index in [1.165, 1.54) is 11.3 Å². The quantitative estimate of drug-likeness (QED) is 0.846. The van der Waals surface area contributed by atoms with Gasteiger partial charge in [0.1, 0.15) is 0 Å². The number of likely N-dealkylation sites (N-methyl/N-ethyl adjacent to an activating group) is 1. The Morgan fingerprint density at radius 2 is 2.19 bits per heavy atom. The molecule has 2 rings (SSSR count). The van der Waals surface area contributed by atoms with Crippen LogP contribution in [0, 0.1) is 0 Å². The maximum Gasteiger partial charge on any atom is 0.0670 e. The summed E-state index contributed by atoms with van der Waals surface area (Å²) in [6.07, 6.45) is 1.10. The smallest absolute Gasteiger partial charge is 0.0670 e. The van der Waals surface area contributed by atoms with Crippen LogP contribution in [0.4, 0.5) is 5.69 Å². The molecule has 0 aromatic heterocycles. The van der Waals surface area contributed by atoms with E-state index in [9.17, 15) is 0 Å². The number of hydrogen-bond acceptors (Lipinski definition) is 3. The zero-order chi connectivity index (χ0) is 11.5. The van der Waals surface area contributed by atoms with Crippen molar-refractivity contribution in [1.82, 2.24) is 0 Å². The van der Waals surface area contributed by atoms with Crippen molar-refractivity contribution >= 4 is 5.69 Å². The monoisotopic (exact) mass is 220 g/mol.